The highest BCUT2D eigenvalue weighted by molar-refractivity contribution is 6.00. The maximum Gasteiger partial charge on any atom is 0.160 e. The first kappa shape index (κ1) is 52.7. The third kappa shape index (κ3) is 12.7. The number of β-amino-alcohol motifs (C(OH)–C–C–N with tert-alkyl or cyclic N) is 1. The van der Waals surface area contributed by atoms with E-state index in [-0.39, 0.29) is 66.4 Å². The van der Waals surface area contributed by atoms with Crippen LogP contribution in [0.5, 0.6) is 11.5 Å². The highest BCUT2D eigenvalue weighted by Gasteiger charge is 2.43. The molecule has 1 fully saturated rings. The van der Waals surface area contributed by atoms with Crippen molar-refractivity contribution in [3.05, 3.63) is 148 Å². The minimum Gasteiger partial charge on any atom is -0.504 e. The zero-order valence-corrected chi connectivity index (χ0v) is 43.4. The first-order valence-corrected chi connectivity index (χ1v) is 27.3. The zero-order valence-electron chi connectivity index (χ0n) is 43.4. The molecule has 0 saturated heterocycles. The number of hydrogen-bond donors (Lipinski definition) is 8. The molecule has 8 N–H and O–H groups in total. The number of aliphatic hydroxyl groups is 3. The van der Waals surface area contributed by atoms with Gasteiger partial charge in [-0.1, -0.05) is 92.8 Å². The van der Waals surface area contributed by atoms with Crippen molar-refractivity contribution >= 4 is 28.0 Å². The summed E-state index contributed by atoms with van der Waals surface area (Å²) in [6.07, 6.45) is 11.3. The lowest BCUT2D eigenvalue weighted by atomic mass is 9.71. The molecule has 3 heterocycles. The van der Waals surface area contributed by atoms with E-state index in [9.17, 15) is 25.2 Å². The molecule has 11 heteroatoms. The molecule has 0 radical (unpaired) electrons. The van der Waals surface area contributed by atoms with Gasteiger partial charge in [0.05, 0.1) is 31.7 Å². The van der Waals surface area contributed by atoms with E-state index in [1.807, 2.05) is 36.5 Å². The average molecular weight is 1000 g/mol. The fraction of sp³-hybridized carbons (Fsp3) is 0.460. The molecule has 0 spiro atoms. The summed E-state index contributed by atoms with van der Waals surface area (Å²) >= 11 is 0. The maximum atomic E-state index is 15.1. The van der Waals surface area contributed by atoms with Gasteiger partial charge in [-0.25, -0.2) is 0 Å². The second kappa shape index (κ2) is 24.5. The van der Waals surface area contributed by atoms with Crippen molar-refractivity contribution in [2.45, 2.75) is 115 Å². The fourth-order valence-electron chi connectivity index (χ4n) is 12.7. The average Bonchev–Trinajstić information content (AvgIpc) is 3.78. The van der Waals surface area contributed by atoms with Gasteiger partial charge in [0.1, 0.15) is 17.4 Å². The monoisotopic (exact) mass is 1000 g/mol. The molecule has 1 aromatic heterocycles. The van der Waals surface area contributed by atoms with Crippen molar-refractivity contribution in [3.63, 3.8) is 0 Å². The summed E-state index contributed by atoms with van der Waals surface area (Å²) in [6.45, 7) is 6.11. The van der Waals surface area contributed by atoms with Crippen molar-refractivity contribution in [1.29, 1.82) is 0 Å². The van der Waals surface area contributed by atoms with E-state index in [1.165, 1.54) is 7.11 Å². The summed E-state index contributed by atoms with van der Waals surface area (Å²) in [4.78, 5) is 32.7. The molecule has 9 rings (SSSR count). The number of aromatic hydroxyl groups is 1. The lowest BCUT2D eigenvalue weighted by molar-refractivity contribution is -0.130. The third-order valence-corrected chi connectivity index (χ3v) is 16.5. The largest absolute Gasteiger partial charge is 0.504 e. The van der Waals surface area contributed by atoms with Gasteiger partial charge in [0.25, 0.3) is 0 Å². The number of phenols is 1. The molecule has 5 aromatic rings. The second-order valence-electron chi connectivity index (χ2n) is 21.7. The van der Waals surface area contributed by atoms with E-state index in [2.05, 4.69) is 101 Å². The van der Waals surface area contributed by atoms with Crippen LogP contribution in [0.2, 0.25) is 0 Å². The number of phenolic OH excluding ortho intramolecular Hbond substituents is 1. The number of allylic oxidation sites excluding steroid dienone is 2. The number of dihydropyridines is 1. The first-order valence-electron chi connectivity index (χ1n) is 27.3. The van der Waals surface area contributed by atoms with Crippen LogP contribution in [0, 0.1) is 47.3 Å². The number of aliphatic hydroxyl groups excluding tert-OH is 3. The van der Waals surface area contributed by atoms with Crippen LogP contribution in [0.15, 0.2) is 115 Å². The zero-order chi connectivity index (χ0) is 51.7. The topological polar surface area (TPSA) is 176 Å². The Labute approximate surface area is 437 Å². The van der Waals surface area contributed by atoms with Crippen molar-refractivity contribution in [1.82, 2.24) is 15.6 Å². The van der Waals surface area contributed by atoms with Gasteiger partial charge in [-0.2, -0.15) is 0 Å². The van der Waals surface area contributed by atoms with Crippen molar-refractivity contribution in [2.75, 3.05) is 38.7 Å². The Bertz CT molecular complexity index is 2880. The van der Waals surface area contributed by atoms with Crippen LogP contribution < -0.4 is 20.7 Å². The van der Waals surface area contributed by atoms with E-state index in [0.717, 1.165) is 80.6 Å². The molecular formula is C63H76N4O7. The highest BCUT2D eigenvalue weighted by Crippen LogP contribution is 2.48. The number of anilines is 1. The first-order chi connectivity index (χ1) is 36.0. The molecule has 74 heavy (non-hydrogen) atoms. The standard InChI is InChI=1S/C63H76N4O7/c1-4-9-56-48-27-47(26-43-17-20-55(42-10-6-5-7-11-42)57-35-61(73)62(74-3)31-44(57)16-19-52(69)34-60(72)58(43)30-48)54(12-8-23-68)45-21-22-65-63(32-45)67-50-18-15-41-14-13-40(24-46(41)28-50)25-53(70)38-64-36-39(2)49-29-51(66-37-49)33-59(56)71/h5-7,10-11,13-15,18,21,24,28-29,31-32,35,37,39,43,47-48,53-56,58-59,64-68,70-71,73H,4,8-9,12,16,19,22-23,25-27,30,33-34,36,38H2,1-3H3. The summed E-state index contributed by atoms with van der Waals surface area (Å²) in [5, 5.41) is 58.4. The maximum absolute atomic E-state index is 15.1. The molecule has 9 bridgehead atoms. The molecule has 4 aromatic carbocycles. The minimum absolute atomic E-state index is 0.000140. The number of H-pyrrole nitrogens is 1. The molecule has 10 unspecified atom stereocenters. The van der Waals surface area contributed by atoms with Gasteiger partial charge in [-0.15, -0.1) is 0 Å². The van der Waals surface area contributed by atoms with Crippen LogP contribution in [-0.2, 0) is 28.9 Å². The van der Waals surface area contributed by atoms with Crippen LogP contribution in [-0.4, -0.2) is 82.5 Å². The molecule has 10 atom stereocenters. The number of fused-ring (bicyclic) bond motifs is 9. The van der Waals surface area contributed by atoms with Crippen molar-refractivity contribution in [3.8, 4) is 23.3 Å². The summed E-state index contributed by atoms with van der Waals surface area (Å²) in [5.41, 5.74) is 7.84. The number of carbonyl (C=O) groups is 2. The third-order valence-electron chi connectivity index (χ3n) is 16.5. The fourth-order valence-corrected chi connectivity index (χ4v) is 12.7. The number of benzene rings is 4. The number of aromatic amines is 1. The van der Waals surface area contributed by atoms with Gasteiger partial charge in [0, 0.05) is 68.5 Å². The molecular weight excluding hydrogens is 925 g/mol. The number of ketones is 2. The Morgan fingerprint density at radius 2 is 1.68 bits per heavy atom. The molecule has 2 aliphatic heterocycles. The van der Waals surface area contributed by atoms with Crippen LogP contribution in [0.3, 0.4) is 0 Å². The summed E-state index contributed by atoms with van der Waals surface area (Å²) in [5.74, 6) is 6.96. The minimum atomic E-state index is -0.709. The number of carbonyl (C=O) groups excluding carboxylic acids is 2. The second-order valence-corrected chi connectivity index (χ2v) is 21.7. The van der Waals surface area contributed by atoms with Crippen LogP contribution in [0.25, 0.3) is 10.8 Å². The predicted molar refractivity (Wildman–Crippen MR) is 293 cm³/mol. The van der Waals surface area contributed by atoms with E-state index in [4.69, 9.17) is 4.74 Å². The van der Waals surface area contributed by atoms with Crippen LogP contribution >= 0.6 is 0 Å². The smallest absolute Gasteiger partial charge is 0.160 e. The molecule has 11 nitrogen and oxygen atoms in total. The number of Topliss-reactive ketones (excluding diaryl/α,β-unsaturated/α-hetero) is 2. The van der Waals surface area contributed by atoms with Crippen molar-refractivity contribution in [2.24, 2.45) is 35.5 Å². The molecule has 2 aliphatic carbocycles. The Kier molecular flexibility index (Phi) is 17.4. The normalized spacial score (nSPS) is 27.2. The summed E-state index contributed by atoms with van der Waals surface area (Å²) in [6, 6.07) is 28.5. The number of aryl methyl sites for hydroxylation is 1. The Balaban J connectivity index is 1.17. The van der Waals surface area contributed by atoms with Gasteiger partial charge in [-0.05, 0) is 162 Å². The van der Waals surface area contributed by atoms with Gasteiger partial charge in [0.2, 0.25) is 0 Å². The SMILES string of the molecule is CCCC1C(O)Cc2cc(c[nH]2)C(C)CNCC(O)Cc2ccc3ccc(cc3c2)NC2=CC(=CCN2)C(CCCO)C2CC3C#CC(c4ccccc4)c4cc(O)c(OC)cc4CCC(=O)CC(=O)C3CC1C2. The number of hydrogen-bond acceptors (Lipinski definition) is 10. The van der Waals surface area contributed by atoms with Crippen LogP contribution in [0.1, 0.15) is 117 Å². The lowest BCUT2D eigenvalue weighted by Crippen LogP contribution is -2.34. The number of nitrogens with one attached hydrogen (secondary N) is 4. The van der Waals surface area contributed by atoms with Gasteiger partial charge >= 0.3 is 0 Å². The van der Waals surface area contributed by atoms with Gasteiger partial charge in [-0.3, -0.25) is 9.59 Å². The number of methoxy groups -OCH3 is 1. The molecule has 0 amide bonds. The highest BCUT2D eigenvalue weighted by atomic mass is 16.5. The lowest BCUT2D eigenvalue weighted by Gasteiger charge is -2.36. The summed E-state index contributed by atoms with van der Waals surface area (Å²) in [7, 11) is 1.51. The van der Waals surface area contributed by atoms with Crippen molar-refractivity contribution < 1.29 is 34.8 Å². The van der Waals surface area contributed by atoms with E-state index in [0.29, 0.717) is 70.3 Å². The van der Waals surface area contributed by atoms with Crippen LogP contribution in [0.4, 0.5) is 5.69 Å². The van der Waals surface area contributed by atoms with Gasteiger partial charge < -0.3 is 46.1 Å². The van der Waals surface area contributed by atoms with E-state index < -0.39 is 30.0 Å². The van der Waals surface area contributed by atoms with E-state index in [1.54, 1.807) is 12.1 Å². The Morgan fingerprint density at radius 3 is 2.49 bits per heavy atom. The summed E-state index contributed by atoms with van der Waals surface area (Å²) < 4.78 is 5.56. The Morgan fingerprint density at radius 1 is 0.838 bits per heavy atom. The number of ether oxygens (including phenoxy) is 1. The number of aromatic nitrogens is 1. The van der Waals surface area contributed by atoms with Gasteiger partial charge in [0.15, 0.2) is 11.5 Å². The number of rotatable bonds is 7. The molecule has 1 saturated carbocycles. The predicted octanol–water partition coefficient (Wildman–Crippen LogP) is 9.64. The van der Waals surface area contributed by atoms with E-state index >= 15 is 4.79 Å². The Hall–Kier alpha value is -6.16. The molecule has 390 valence electrons. The quantitative estimate of drug-likeness (QED) is 0.0579. The molecule has 4 aliphatic rings.